The van der Waals surface area contributed by atoms with E-state index in [2.05, 4.69) is 0 Å². The number of fused-ring (bicyclic) bond motifs is 1. The molecule has 5 unspecified atom stereocenters. The number of benzene rings is 2. The van der Waals surface area contributed by atoms with Gasteiger partial charge in [-0.3, -0.25) is 4.79 Å². The maximum absolute atomic E-state index is 13.2. The molecule has 3 aromatic rings. The smallest absolute Gasteiger partial charge is 0.239 e. The van der Waals surface area contributed by atoms with Crippen LogP contribution in [-0.2, 0) is 4.74 Å². The lowest BCUT2D eigenvalue weighted by molar-refractivity contribution is -0.277. The molecule has 1 aromatic heterocycles. The zero-order valence-electron chi connectivity index (χ0n) is 18.6. The normalized spacial score (nSPS) is 24.3. The quantitative estimate of drug-likeness (QED) is 0.272. The van der Waals surface area contributed by atoms with Crippen molar-refractivity contribution < 1.29 is 54.0 Å². The molecule has 188 valence electrons. The van der Waals surface area contributed by atoms with Crippen LogP contribution in [-0.4, -0.2) is 82.2 Å². The Bertz CT molecular complexity index is 1270. The number of ether oxygens (including phenoxy) is 4. The Hall–Kier alpha value is -3.55. The lowest BCUT2D eigenvalue weighted by atomic mass is 9.99. The number of hydrogen-bond acceptors (Lipinski definition) is 12. The topological polar surface area (TPSA) is 189 Å². The first kappa shape index (κ1) is 24.6. The fourth-order valence-electron chi connectivity index (χ4n) is 3.84. The lowest BCUT2D eigenvalue weighted by Crippen LogP contribution is -2.60. The van der Waals surface area contributed by atoms with E-state index in [1.807, 2.05) is 0 Å². The molecule has 0 bridgehead atoms. The second kappa shape index (κ2) is 9.60. The average molecular weight is 492 g/mol. The third-order valence-electron chi connectivity index (χ3n) is 5.67. The van der Waals surface area contributed by atoms with Crippen molar-refractivity contribution >= 4 is 11.0 Å². The van der Waals surface area contributed by atoms with Gasteiger partial charge in [-0.25, -0.2) is 0 Å². The Kier molecular flexibility index (Phi) is 6.74. The van der Waals surface area contributed by atoms with Crippen LogP contribution in [0.15, 0.2) is 39.5 Å². The van der Waals surface area contributed by atoms with Crippen molar-refractivity contribution in [3.8, 4) is 40.1 Å². The predicted octanol–water partition coefficient (Wildman–Crippen LogP) is 0.0671. The summed E-state index contributed by atoms with van der Waals surface area (Å²) in [7, 11) is 2.46. The predicted molar refractivity (Wildman–Crippen MR) is 119 cm³/mol. The van der Waals surface area contributed by atoms with E-state index in [0.29, 0.717) is 5.56 Å². The van der Waals surface area contributed by atoms with Gasteiger partial charge in [-0.05, 0) is 24.3 Å². The summed E-state index contributed by atoms with van der Waals surface area (Å²) in [5.74, 6) is -1.38. The number of methoxy groups -OCH3 is 2. The van der Waals surface area contributed by atoms with Gasteiger partial charge in [0.1, 0.15) is 41.1 Å². The standard InChI is InChI=1S/C23H24O12/c1-31-21-12(34-23-19(30)18(29)15(26)13(8-24)35-23)7-11-14(16(21)27)17(28)22(32-2)20(33-11)9-3-5-10(25)6-4-9/h3-7,13,15,18-19,23-27,29-30H,8H2,1-2H3. The highest BCUT2D eigenvalue weighted by Gasteiger charge is 2.45. The van der Waals surface area contributed by atoms with E-state index in [0.717, 1.165) is 0 Å². The minimum Gasteiger partial charge on any atom is -0.508 e. The molecule has 0 radical (unpaired) electrons. The number of aliphatic hydroxyl groups is 4. The molecule has 1 saturated heterocycles. The molecule has 0 spiro atoms. The Labute approximate surface area is 197 Å². The summed E-state index contributed by atoms with van der Waals surface area (Å²) in [5, 5.41) is 59.8. The minimum absolute atomic E-state index is 0.00607. The van der Waals surface area contributed by atoms with E-state index in [4.69, 9.17) is 23.4 Å². The maximum Gasteiger partial charge on any atom is 0.239 e. The number of rotatable bonds is 6. The number of aromatic hydroxyl groups is 2. The first-order chi connectivity index (χ1) is 16.7. The number of phenolic OH excluding ortho intramolecular Hbond substituents is 2. The molecule has 35 heavy (non-hydrogen) atoms. The van der Waals surface area contributed by atoms with Crippen molar-refractivity contribution in [2.75, 3.05) is 20.8 Å². The molecular weight excluding hydrogens is 468 g/mol. The van der Waals surface area contributed by atoms with Gasteiger partial charge < -0.3 is 54.0 Å². The van der Waals surface area contributed by atoms with Crippen LogP contribution in [0.1, 0.15) is 0 Å². The van der Waals surface area contributed by atoms with Crippen LogP contribution in [0.5, 0.6) is 28.7 Å². The van der Waals surface area contributed by atoms with Crippen LogP contribution >= 0.6 is 0 Å². The molecule has 0 aliphatic carbocycles. The second-order valence-corrected chi connectivity index (χ2v) is 7.79. The SMILES string of the molecule is COc1c(OC2OC(CO)C(O)C(O)C2O)cc2oc(-c3ccc(O)cc3)c(OC)c(=O)c2c1O. The molecule has 0 amide bonds. The summed E-state index contributed by atoms with van der Waals surface area (Å²) in [6.07, 6.45) is -7.85. The highest BCUT2D eigenvalue weighted by molar-refractivity contribution is 5.91. The molecule has 0 saturated carbocycles. The van der Waals surface area contributed by atoms with Gasteiger partial charge in [0, 0.05) is 11.6 Å². The van der Waals surface area contributed by atoms with Crippen molar-refractivity contribution in [1.29, 1.82) is 0 Å². The van der Waals surface area contributed by atoms with E-state index in [-0.39, 0.29) is 39.7 Å². The van der Waals surface area contributed by atoms with Crippen LogP contribution in [0.4, 0.5) is 0 Å². The largest absolute Gasteiger partial charge is 0.508 e. The summed E-state index contributed by atoms with van der Waals surface area (Å²) in [6, 6.07) is 6.98. The highest BCUT2D eigenvalue weighted by Crippen LogP contribution is 2.45. The van der Waals surface area contributed by atoms with Gasteiger partial charge >= 0.3 is 0 Å². The van der Waals surface area contributed by atoms with Crippen LogP contribution in [0, 0.1) is 0 Å². The Morgan fingerprint density at radius 2 is 1.60 bits per heavy atom. The summed E-state index contributed by atoms with van der Waals surface area (Å²) in [4.78, 5) is 13.2. The van der Waals surface area contributed by atoms with Gasteiger partial charge in [0.15, 0.2) is 17.3 Å². The van der Waals surface area contributed by atoms with Gasteiger partial charge in [-0.1, -0.05) is 0 Å². The molecule has 12 nitrogen and oxygen atoms in total. The molecular formula is C23H24O12. The minimum atomic E-state index is -1.73. The van der Waals surface area contributed by atoms with Gasteiger partial charge in [-0.15, -0.1) is 0 Å². The van der Waals surface area contributed by atoms with Gasteiger partial charge in [0.05, 0.1) is 20.8 Å². The summed E-state index contributed by atoms with van der Waals surface area (Å²) in [6.45, 7) is -0.671. The number of aliphatic hydroxyl groups excluding tert-OH is 4. The van der Waals surface area contributed by atoms with Crippen LogP contribution in [0.25, 0.3) is 22.3 Å². The van der Waals surface area contributed by atoms with E-state index < -0.39 is 48.5 Å². The van der Waals surface area contributed by atoms with E-state index in [9.17, 15) is 35.4 Å². The third kappa shape index (κ3) is 4.22. The van der Waals surface area contributed by atoms with Crippen molar-refractivity contribution in [2.24, 2.45) is 0 Å². The van der Waals surface area contributed by atoms with Crippen molar-refractivity contribution in [1.82, 2.24) is 0 Å². The lowest BCUT2D eigenvalue weighted by Gasteiger charge is -2.39. The average Bonchev–Trinajstić information content (AvgIpc) is 2.84. The zero-order valence-corrected chi connectivity index (χ0v) is 18.6. The van der Waals surface area contributed by atoms with Crippen molar-refractivity contribution in [3.63, 3.8) is 0 Å². The zero-order chi connectivity index (χ0) is 25.4. The van der Waals surface area contributed by atoms with Gasteiger partial charge in [-0.2, -0.15) is 0 Å². The van der Waals surface area contributed by atoms with E-state index in [1.54, 1.807) is 0 Å². The number of phenols is 2. The molecule has 1 aliphatic heterocycles. The monoisotopic (exact) mass is 492 g/mol. The molecule has 4 rings (SSSR count). The number of hydrogen-bond donors (Lipinski definition) is 6. The fraction of sp³-hybridized carbons (Fsp3) is 0.348. The van der Waals surface area contributed by atoms with Crippen LogP contribution in [0.2, 0.25) is 0 Å². The highest BCUT2D eigenvalue weighted by atomic mass is 16.7. The van der Waals surface area contributed by atoms with Crippen LogP contribution < -0.4 is 19.6 Å². The Balaban J connectivity index is 1.86. The van der Waals surface area contributed by atoms with Crippen LogP contribution in [0.3, 0.4) is 0 Å². The molecule has 12 heteroatoms. The van der Waals surface area contributed by atoms with Crippen molar-refractivity contribution in [2.45, 2.75) is 30.7 Å². The fourth-order valence-corrected chi connectivity index (χ4v) is 3.84. The molecule has 1 fully saturated rings. The molecule has 5 atom stereocenters. The second-order valence-electron chi connectivity index (χ2n) is 7.79. The molecule has 2 heterocycles. The summed E-state index contributed by atoms with van der Waals surface area (Å²) < 4.78 is 27.3. The van der Waals surface area contributed by atoms with E-state index >= 15 is 0 Å². The molecule has 6 N–H and O–H groups in total. The van der Waals surface area contributed by atoms with Gasteiger partial charge in [0.25, 0.3) is 0 Å². The third-order valence-corrected chi connectivity index (χ3v) is 5.67. The Morgan fingerprint density at radius 3 is 2.20 bits per heavy atom. The molecule has 1 aliphatic rings. The van der Waals surface area contributed by atoms with E-state index in [1.165, 1.54) is 44.6 Å². The van der Waals surface area contributed by atoms with Gasteiger partial charge in [0.2, 0.25) is 23.2 Å². The summed E-state index contributed by atoms with van der Waals surface area (Å²) in [5.41, 5.74) is -0.464. The first-order valence-electron chi connectivity index (χ1n) is 10.4. The Morgan fingerprint density at radius 1 is 0.943 bits per heavy atom. The molecule has 2 aromatic carbocycles. The summed E-state index contributed by atoms with van der Waals surface area (Å²) >= 11 is 0. The first-order valence-corrected chi connectivity index (χ1v) is 10.4. The maximum atomic E-state index is 13.2. The van der Waals surface area contributed by atoms with Crippen molar-refractivity contribution in [3.05, 3.63) is 40.6 Å².